The normalized spacial score (nSPS) is 13.5. The molecule has 9 heteroatoms. The average Bonchev–Trinajstić information content (AvgIpc) is 2.94. The van der Waals surface area contributed by atoms with E-state index in [1.807, 2.05) is 42.5 Å². The van der Waals surface area contributed by atoms with Crippen molar-refractivity contribution in [3.63, 3.8) is 0 Å². The molecule has 1 aliphatic rings. The Kier molecular flexibility index (Phi) is 7.53. The summed E-state index contributed by atoms with van der Waals surface area (Å²) in [4.78, 5) is 23.0. The van der Waals surface area contributed by atoms with E-state index in [1.165, 1.54) is 0 Å². The van der Waals surface area contributed by atoms with Crippen LogP contribution in [-0.2, 0) is 9.47 Å². The molecular formula is C28H31N5O4. The fourth-order valence-electron chi connectivity index (χ4n) is 4.46. The maximum Gasteiger partial charge on any atom is 0.259 e. The minimum atomic E-state index is -0.212. The predicted octanol–water partition coefficient (Wildman–Crippen LogP) is 4.24. The van der Waals surface area contributed by atoms with Gasteiger partial charge in [0.1, 0.15) is 17.4 Å². The topological polar surface area (TPSA) is 101 Å². The van der Waals surface area contributed by atoms with Gasteiger partial charge in [-0.1, -0.05) is 12.1 Å². The molecular weight excluding hydrogens is 470 g/mol. The number of aromatic nitrogens is 2. The number of benzene rings is 2. The molecule has 1 fully saturated rings. The van der Waals surface area contributed by atoms with E-state index in [9.17, 15) is 4.79 Å². The number of ether oxygens (including phenoxy) is 3. The molecule has 2 aromatic carbocycles. The van der Waals surface area contributed by atoms with Gasteiger partial charge in [0.2, 0.25) is 0 Å². The second-order valence-electron chi connectivity index (χ2n) is 8.73. The SMILES string of the molecule is COCCNc1cc2c(-c3ccc(OC)cc3)c[nH]c(=O)c2c(Nc2ccc(N3CCOCC3)cc2)n1. The number of nitrogens with zero attached hydrogens (tertiary/aromatic N) is 2. The molecule has 2 aromatic heterocycles. The number of fused-ring (bicyclic) bond motifs is 1. The molecule has 9 nitrogen and oxygen atoms in total. The van der Waals surface area contributed by atoms with Crippen LogP contribution in [0, 0.1) is 0 Å². The summed E-state index contributed by atoms with van der Waals surface area (Å²) in [6.07, 6.45) is 1.74. The van der Waals surface area contributed by atoms with E-state index in [0.29, 0.717) is 30.2 Å². The van der Waals surface area contributed by atoms with Crippen molar-refractivity contribution in [3.8, 4) is 16.9 Å². The van der Waals surface area contributed by atoms with Crippen LogP contribution < -0.4 is 25.8 Å². The molecule has 0 radical (unpaired) electrons. The summed E-state index contributed by atoms with van der Waals surface area (Å²) < 4.78 is 16.0. The maximum atomic E-state index is 13.1. The first kappa shape index (κ1) is 24.6. The molecule has 3 N–H and O–H groups in total. The Morgan fingerprint density at radius 2 is 1.81 bits per heavy atom. The molecule has 0 amide bonds. The second-order valence-corrected chi connectivity index (χ2v) is 8.73. The smallest absolute Gasteiger partial charge is 0.259 e. The number of aromatic amines is 1. The molecule has 3 heterocycles. The molecule has 0 spiro atoms. The summed E-state index contributed by atoms with van der Waals surface area (Å²) in [5.41, 5.74) is 3.61. The van der Waals surface area contributed by atoms with Gasteiger partial charge in [0, 0.05) is 55.3 Å². The number of H-pyrrole nitrogens is 1. The first-order chi connectivity index (χ1) is 18.2. The summed E-state index contributed by atoms with van der Waals surface area (Å²) in [5, 5.41) is 7.96. The van der Waals surface area contributed by atoms with Crippen LogP contribution in [0.15, 0.2) is 65.6 Å². The van der Waals surface area contributed by atoms with Gasteiger partial charge >= 0.3 is 0 Å². The van der Waals surface area contributed by atoms with Gasteiger partial charge in [0.15, 0.2) is 0 Å². The van der Waals surface area contributed by atoms with Gasteiger partial charge in [-0.3, -0.25) is 4.79 Å². The van der Waals surface area contributed by atoms with E-state index in [1.54, 1.807) is 20.4 Å². The Bertz CT molecular complexity index is 1400. The van der Waals surface area contributed by atoms with Crippen molar-refractivity contribution in [2.75, 3.05) is 69.2 Å². The Hall–Kier alpha value is -4.08. The zero-order valence-corrected chi connectivity index (χ0v) is 21.0. The Labute approximate surface area is 215 Å². The summed E-state index contributed by atoms with van der Waals surface area (Å²) in [6.45, 7) is 4.33. The first-order valence-corrected chi connectivity index (χ1v) is 12.3. The number of methoxy groups -OCH3 is 2. The van der Waals surface area contributed by atoms with E-state index in [2.05, 4.69) is 32.7 Å². The van der Waals surface area contributed by atoms with Crippen LogP contribution in [0.2, 0.25) is 0 Å². The maximum absolute atomic E-state index is 13.1. The van der Waals surface area contributed by atoms with E-state index >= 15 is 0 Å². The number of hydrogen-bond donors (Lipinski definition) is 3. The number of nitrogens with one attached hydrogen (secondary N) is 3. The largest absolute Gasteiger partial charge is 0.497 e. The predicted molar refractivity (Wildman–Crippen MR) is 147 cm³/mol. The van der Waals surface area contributed by atoms with Crippen LogP contribution in [0.1, 0.15) is 0 Å². The summed E-state index contributed by atoms with van der Waals surface area (Å²) in [5.74, 6) is 1.90. The molecule has 192 valence electrons. The zero-order chi connectivity index (χ0) is 25.6. The lowest BCUT2D eigenvalue weighted by Gasteiger charge is -2.29. The second kappa shape index (κ2) is 11.3. The third kappa shape index (κ3) is 5.52. The standard InChI is InChI=1S/C28H31N5O4/c1-35-14-11-29-25-17-23-24(19-3-9-22(36-2)10-4-19)18-30-28(34)26(23)27(32-25)31-20-5-7-21(8-6-20)33-12-15-37-16-13-33/h3-10,17-18H,11-16H2,1-2H3,(H,30,34)(H2,29,31,32). The van der Waals surface area contributed by atoms with Crippen molar-refractivity contribution >= 4 is 33.8 Å². The summed E-state index contributed by atoms with van der Waals surface area (Å²) >= 11 is 0. The molecule has 0 saturated carbocycles. The fourth-order valence-corrected chi connectivity index (χ4v) is 4.46. The van der Waals surface area contributed by atoms with E-state index in [0.717, 1.165) is 59.9 Å². The van der Waals surface area contributed by atoms with Crippen LogP contribution in [-0.4, -0.2) is 63.6 Å². The van der Waals surface area contributed by atoms with Crippen molar-refractivity contribution in [1.82, 2.24) is 9.97 Å². The molecule has 0 bridgehead atoms. The fraction of sp³-hybridized carbons (Fsp3) is 0.286. The lowest BCUT2D eigenvalue weighted by molar-refractivity contribution is 0.122. The lowest BCUT2D eigenvalue weighted by atomic mass is 10.0. The van der Waals surface area contributed by atoms with E-state index in [4.69, 9.17) is 19.2 Å². The van der Waals surface area contributed by atoms with Crippen LogP contribution in [0.25, 0.3) is 21.9 Å². The van der Waals surface area contributed by atoms with Gasteiger partial charge in [-0.2, -0.15) is 0 Å². The highest BCUT2D eigenvalue weighted by atomic mass is 16.5. The Morgan fingerprint density at radius 3 is 2.51 bits per heavy atom. The quantitative estimate of drug-likeness (QED) is 0.293. The third-order valence-electron chi connectivity index (χ3n) is 6.40. The number of pyridine rings is 2. The van der Waals surface area contributed by atoms with Gasteiger partial charge < -0.3 is 34.7 Å². The van der Waals surface area contributed by atoms with Crippen molar-refractivity contribution in [3.05, 3.63) is 71.1 Å². The first-order valence-electron chi connectivity index (χ1n) is 12.3. The third-order valence-corrected chi connectivity index (χ3v) is 6.40. The molecule has 5 rings (SSSR count). The number of rotatable bonds is 9. The van der Waals surface area contributed by atoms with Crippen molar-refractivity contribution in [2.24, 2.45) is 0 Å². The van der Waals surface area contributed by atoms with E-state index in [-0.39, 0.29) is 5.56 Å². The van der Waals surface area contributed by atoms with Crippen LogP contribution in [0.5, 0.6) is 5.75 Å². The van der Waals surface area contributed by atoms with Crippen molar-refractivity contribution < 1.29 is 14.2 Å². The zero-order valence-electron chi connectivity index (χ0n) is 21.0. The van der Waals surface area contributed by atoms with Gasteiger partial charge in [-0.05, 0) is 48.0 Å². The molecule has 0 atom stereocenters. The minimum absolute atomic E-state index is 0.212. The van der Waals surface area contributed by atoms with E-state index < -0.39 is 0 Å². The lowest BCUT2D eigenvalue weighted by Crippen LogP contribution is -2.36. The summed E-state index contributed by atoms with van der Waals surface area (Å²) in [7, 11) is 3.30. The molecule has 37 heavy (non-hydrogen) atoms. The number of anilines is 4. The number of morpholine rings is 1. The minimum Gasteiger partial charge on any atom is -0.497 e. The monoisotopic (exact) mass is 501 g/mol. The van der Waals surface area contributed by atoms with Crippen LogP contribution in [0.4, 0.5) is 23.0 Å². The highest BCUT2D eigenvalue weighted by molar-refractivity contribution is 6.03. The molecule has 0 aliphatic carbocycles. The number of hydrogen-bond acceptors (Lipinski definition) is 8. The Morgan fingerprint density at radius 1 is 1.05 bits per heavy atom. The average molecular weight is 502 g/mol. The summed E-state index contributed by atoms with van der Waals surface area (Å²) in [6, 6.07) is 17.8. The Balaban J connectivity index is 1.55. The molecule has 1 saturated heterocycles. The highest BCUT2D eigenvalue weighted by Gasteiger charge is 2.16. The van der Waals surface area contributed by atoms with Crippen LogP contribution >= 0.6 is 0 Å². The van der Waals surface area contributed by atoms with Gasteiger partial charge in [-0.25, -0.2) is 4.98 Å². The van der Waals surface area contributed by atoms with Gasteiger partial charge in [0.05, 0.1) is 32.3 Å². The van der Waals surface area contributed by atoms with Crippen molar-refractivity contribution in [1.29, 1.82) is 0 Å². The van der Waals surface area contributed by atoms with Crippen LogP contribution in [0.3, 0.4) is 0 Å². The molecule has 1 aliphatic heterocycles. The molecule has 0 unspecified atom stereocenters. The highest BCUT2D eigenvalue weighted by Crippen LogP contribution is 2.33. The van der Waals surface area contributed by atoms with Gasteiger partial charge in [0.25, 0.3) is 5.56 Å². The molecule has 4 aromatic rings. The van der Waals surface area contributed by atoms with Crippen molar-refractivity contribution in [2.45, 2.75) is 0 Å². The van der Waals surface area contributed by atoms with Gasteiger partial charge in [-0.15, -0.1) is 0 Å².